The molecule has 5 heteroatoms. The van der Waals surface area contributed by atoms with Gasteiger partial charge in [0.15, 0.2) is 0 Å². The van der Waals surface area contributed by atoms with Gasteiger partial charge in [-0.15, -0.1) is 6.58 Å². The first kappa shape index (κ1) is 16.4. The van der Waals surface area contributed by atoms with Gasteiger partial charge in [0.2, 0.25) is 10.0 Å². The quantitative estimate of drug-likeness (QED) is 0.832. The number of hydrogen-bond acceptors (Lipinski definition) is 3. The van der Waals surface area contributed by atoms with E-state index in [4.69, 9.17) is 0 Å². The van der Waals surface area contributed by atoms with Gasteiger partial charge in [-0.2, -0.15) is 0 Å². The average molecular weight is 316 g/mol. The van der Waals surface area contributed by atoms with Crippen LogP contribution in [0.15, 0.2) is 59.6 Å². The summed E-state index contributed by atoms with van der Waals surface area (Å²) < 4.78 is 27.7. The van der Waals surface area contributed by atoms with Crippen molar-refractivity contribution in [3.8, 4) is 11.3 Å². The Morgan fingerprint density at radius 1 is 1.27 bits per heavy atom. The number of benzene rings is 1. The standard InChI is InChI=1S/C17H20N2O2S/c1-13(2)9-11-19-22(20,21)17-8-7-14(3)12-15(17)16-6-4-5-10-18-16/h4-8,10,12,19H,1,9,11H2,2-3H3. The molecule has 1 aromatic heterocycles. The van der Waals surface area contributed by atoms with E-state index in [1.807, 2.05) is 32.0 Å². The molecular formula is C17H20N2O2S. The monoisotopic (exact) mass is 316 g/mol. The van der Waals surface area contributed by atoms with E-state index < -0.39 is 10.0 Å². The Morgan fingerprint density at radius 2 is 2.05 bits per heavy atom. The summed E-state index contributed by atoms with van der Waals surface area (Å²) in [5, 5.41) is 0. The molecule has 1 heterocycles. The number of pyridine rings is 1. The molecular weight excluding hydrogens is 296 g/mol. The Bertz CT molecular complexity index is 769. The number of rotatable bonds is 6. The topological polar surface area (TPSA) is 59.1 Å². The minimum absolute atomic E-state index is 0.249. The van der Waals surface area contributed by atoms with Crippen molar-refractivity contribution in [3.05, 3.63) is 60.3 Å². The van der Waals surface area contributed by atoms with E-state index in [1.165, 1.54) is 0 Å². The first-order valence-electron chi connectivity index (χ1n) is 7.06. The third-order valence-electron chi connectivity index (χ3n) is 3.21. The molecule has 0 aliphatic rings. The lowest BCUT2D eigenvalue weighted by atomic mass is 10.1. The number of aryl methyl sites for hydroxylation is 1. The molecule has 0 atom stereocenters. The smallest absolute Gasteiger partial charge is 0.241 e. The minimum atomic E-state index is -3.58. The Balaban J connectivity index is 2.41. The lowest BCUT2D eigenvalue weighted by molar-refractivity contribution is 0.582. The SMILES string of the molecule is C=C(C)CCNS(=O)(=O)c1ccc(C)cc1-c1ccccn1. The van der Waals surface area contributed by atoms with Crippen LogP contribution in [0.25, 0.3) is 11.3 Å². The van der Waals surface area contributed by atoms with Crippen LogP contribution in [0.2, 0.25) is 0 Å². The number of hydrogen-bond donors (Lipinski definition) is 1. The van der Waals surface area contributed by atoms with E-state index in [9.17, 15) is 8.42 Å². The van der Waals surface area contributed by atoms with Crippen LogP contribution in [0, 0.1) is 6.92 Å². The van der Waals surface area contributed by atoms with Gasteiger partial charge in [-0.3, -0.25) is 4.98 Å². The van der Waals surface area contributed by atoms with E-state index in [1.54, 1.807) is 24.4 Å². The van der Waals surface area contributed by atoms with Crippen LogP contribution in [0.1, 0.15) is 18.9 Å². The van der Waals surface area contributed by atoms with Crippen molar-refractivity contribution < 1.29 is 8.42 Å². The maximum atomic E-state index is 12.6. The van der Waals surface area contributed by atoms with Gasteiger partial charge in [0.1, 0.15) is 0 Å². The molecule has 0 aliphatic heterocycles. The summed E-state index contributed by atoms with van der Waals surface area (Å²) in [5.74, 6) is 0. The molecule has 1 N–H and O–H groups in total. The molecule has 0 fully saturated rings. The maximum absolute atomic E-state index is 12.6. The first-order chi connectivity index (χ1) is 10.4. The summed E-state index contributed by atoms with van der Waals surface area (Å²) in [4.78, 5) is 4.52. The second-order valence-corrected chi connectivity index (χ2v) is 7.05. The van der Waals surface area contributed by atoms with Crippen LogP contribution in [-0.4, -0.2) is 19.9 Å². The highest BCUT2D eigenvalue weighted by molar-refractivity contribution is 7.89. The van der Waals surface area contributed by atoms with E-state index in [0.29, 0.717) is 24.2 Å². The Kier molecular flexibility index (Phi) is 5.11. The lowest BCUT2D eigenvalue weighted by Crippen LogP contribution is -2.25. The van der Waals surface area contributed by atoms with Gasteiger partial charge in [-0.05, 0) is 44.5 Å². The molecule has 0 saturated carbocycles. The molecule has 0 saturated heterocycles. The number of sulfonamides is 1. The largest absolute Gasteiger partial charge is 0.256 e. The highest BCUT2D eigenvalue weighted by atomic mass is 32.2. The van der Waals surface area contributed by atoms with Crippen molar-refractivity contribution in [3.63, 3.8) is 0 Å². The van der Waals surface area contributed by atoms with E-state index in [-0.39, 0.29) is 4.90 Å². The van der Waals surface area contributed by atoms with Gasteiger partial charge in [-0.25, -0.2) is 13.1 Å². The summed E-state index contributed by atoms with van der Waals surface area (Å²) >= 11 is 0. The fraction of sp³-hybridized carbons (Fsp3) is 0.235. The predicted octanol–water partition coefficient (Wildman–Crippen LogP) is 3.30. The normalized spacial score (nSPS) is 11.4. The van der Waals surface area contributed by atoms with Gasteiger partial charge in [0, 0.05) is 18.3 Å². The van der Waals surface area contributed by atoms with E-state index in [0.717, 1.165) is 11.1 Å². The van der Waals surface area contributed by atoms with E-state index in [2.05, 4.69) is 16.3 Å². The number of aromatic nitrogens is 1. The van der Waals surface area contributed by atoms with Crippen molar-refractivity contribution in [2.75, 3.05) is 6.54 Å². The molecule has 0 spiro atoms. The summed E-state index contributed by atoms with van der Waals surface area (Å²) in [6, 6.07) is 10.7. The molecule has 116 valence electrons. The Morgan fingerprint density at radius 3 is 2.68 bits per heavy atom. The molecule has 4 nitrogen and oxygen atoms in total. The highest BCUT2D eigenvalue weighted by Gasteiger charge is 2.19. The van der Waals surface area contributed by atoms with Crippen molar-refractivity contribution in [1.29, 1.82) is 0 Å². The lowest BCUT2D eigenvalue weighted by Gasteiger charge is -2.12. The maximum Gasteiger partial charge on any atom is 0.241 e. The van der Waals surface area contributed by atoms with Gasteiger partial charge in [-0.1, -0.05) is 23.3 Å². The highest BCUT2D eigenvalue weighted by Crippen LogP contribution is 2.26. The van der Waals surface area contributed by atoms with Crippen molar-refractivity contribution in [2.45, 2.75) is 25.2 Å². The van der Waals surface area contributed by atoms with Crippen LogP contribution >= 0.6 is 0 Å². The molecule has 0 amide bonds. The number of nitrogens with one attached hydrogen (secondary N) is 1. The second kappa shape index (κ2) is 6.85. The van der Waals surface area contributed by atoms with Crippen LogP contribution in [0.5, 0.6) is 0 Å². The molecule has 0 bridgehead atoms. The zero-order chi connectivity index (χ0) is 16.2. The predicted molar refractivity (Wildman–Crippen MR) is 89.0 cm³/mol. The summed E-state index contributed by atoms with van der Waals surface area (Å²) in [6.45, 7) is 7.92. The summed E-state index contributed by atoms with van der Waals surface area (Å²) in [6.07, 6.45) is 2.27. The molecule has 2 aromatic rings. The summed E-state index contributed by atoms with van der Waals surface area (Å²) in [5.41, 5.74) is 3.19. The Hall–Kier alpha value is -1.98. The van der Waals surface area contributed by atoms with E-state index >= 15 is 0 Å². The van der Waals surface area contributed by atoms with Crippen molar-refractivity contribution in [2.24, 2.45) is 0 Å². The van der Waals surface area contributed by atoms with Crippen LogP contribution in [0.3, 0.4) is 0 Å². The van der Waals surface area contributed by atoms with Gasteiger partial charge < -0.3 is 0 Å². The molecule has 22 heavy (non-hydrogen) atoms. The molecule has 0 radical (unpaired) electrons. The molecule has 2 rings (SSSR count). The first-order valence-corrected chi connectivity index (χ1v) is 8.54. The van der Waals surface area contributed by atoms with Gasteiger partial charge in [0.05, 0.1) is 10.6 Å². The van der Waals surface area contributed by atoms with Crippen molar-refractivity contribution >= 4 is 10.0 Å². The zero-order valence-electron chi connectivity index (χ0n) is 12.8. The van der Waals surface area contributed by atoms with Crippen molar-refractivity contribution in [1.82, 2.24) is 9.71 Å². The van der Waals surface area contributed by atoms with Crippen LogP contribution in [0.4, 0.5) is 0 Å². The van der Waals surface area contributed by atoms with Gasteiger partial charge in [0.25, 0.3) is 0 Å². The number of nitrogens with zero attached hydrogens (tertiary/aromatic N) is 1. The fourth-order valence-corrected chi connectivity index (χ4v) is 3.30. The third kappa shape index (κ3) is 4.02. The average Bonchev–Trinajstić information content (AvgIpc) is 2.47. The zero-order valence-corrected chi connectivity index (χ0v) is 13.7. The van der Waals surface area contributed by atoms with Gasteiger partial charge >= 0.3 is 0 Å². The second-order valence-electron chi connectivity index (χ2n) is 5.32. The third-order valence-corrected chi connectivity index (χ3v) is 4.73. The molecule has 1 aromatic carbocycles. The molecule has 0 aliphatic carbocycles. The summed E-state index contributed by atoms with van der Waals surface area (Å²) in [7, 11) is -3.58. The van der Waals surface area contributed by atoms with Crippen LogP contribution in [-0.2, 0) is 10.0 Å². The minimum Gasteiger partial charge on any atom is -0.256 e. The Labute approximate surface area is 132 Å². The van der Waals surface area contributed by atoms with Crippen LogP contribution < -0.4 is 4.72 Å². The molecule has 0 unspecified atom stereocenters. The fourth-order valence-electron chi connectivity index (χ4n) is 2.08.